The minimum absolute atomic E-state index is 0.0244. The van der Waals surface area contributed by atoms with Crippen LogP contribution < -0.4 is 10.5 Å². The number of nitrogens with one attached hydrogen (secondary N) is 1. The number of nitrogens with zero attached hydrogens (tertiary/aromatic N) is 3. The van der Waals surface area contributed by atoms with E-state index >= 15 is 0 Å². The summed E-state index contributed by atoms with van der Waals surface area (Å²) in [4.78, 5) is 23.1. The van der Waals surface area contributed by atoms with Crippen molar-refractivity contribution in [2.75, 3.05) is 57.3 Å². The lowest BCUT2D eigenvalue weighted by Crippen LogP contribution is -2.47. The molecule has 0 atom stereocenters. The minimum atomic E-state index is 0.0244. The minimum Gasteiger partial charge on any atom is -0.356 e. The van der Waals surface area contributed by atoms with E-state index in [9.17, 15) is 4.79 Å². The molecule has 2 fully saturated rings. The highest BCUT2D eigenvalue weighted by Crippen LogP contribution is 2.21. The maximum absolute atomic E-state index is 12.5. The van der Waals surface area contributed by atoms with Gasteiger partial charge in [-0.2, -0.15) is 0 Å². The van der Waals surface area contributed by atoms with E-state index in [0.717, 1.165) is 48.3 Å². The lowest BCUT2D eigenvalue weighted by Gasteiger charge is -2.36. The van der Waals surface area contributed by atoms with E-state index < -0.39 is 0 Å². The smallest absolute Gasteiger partial charge is 0.257 e. The van der Waals surface area contributed by atoms with Crippen LogP contribution in [0.15, 0.2) is 29.1 Å². The van der Waals surface area contributed by atoms with Crippen LogP contribution in [0.3, 0.4) is 0 Å². The Labute approximate surface area is 168 Å². The monoisotopic (exact) mass is 382 g/mol. The number of pyridine rings is 1. The van der Waals surface area contributed by atoms with Gasteiger partial charge in [-0.05, 0) is 81.9 Å². The zero-order chi connectivity index (χ0) is 19.3. The highest BCUT2D eigenvalue weighted by molar-refractivity contribution is 5.86. The van der Waals surface area contributed by atoms with Gasteiger partial charge < -0.3 is 14.8 Å². The molecule has 2 aliphatic heterocycles. The second-order valence-corrected chi connectivity index (χ2v) is 8.46. The zero-order valence-electron chi connectivity index (χ0n) is 17.3. The molecule has 28 heavy (non-hydrogen) atoms. The van der Waals surface area contributed by atoms with Crippen LogP contribution in [0.1, 0.15) is 37.7 Å². The van der Waals surface area contributed by atoms with Gasteiger partial charge in [-0.15, -0.1) is 0 Å². The number of aromatic amines is 1. The summed E-state index contributed by atoms with van der Waals surface area (Å²) in [6, 6.07) is 8.09. The van der Waals surface area contributed by atoms with Crippen LogP contribution >= 0.6 is 0 Å². The fourth-order valence-electron chi connectivity index (χ4n) is 4.66. The van der Waals surface area contributed by atoms with Crippen molar-refractivity contribution in [3.05, 3.63) is 40.2 Å². The number of aryl methyl sites for hydroxylation is 1. The van der Waals surface area contributed by atoms with Crippen LogP contribution in [-0.4, -0.2) is 67.1 Å². The third kappa shape index (κ3) is 4.58. The van der Waals surface area contributed by atoms with E-state index in [1.807, 2.05) is 12.1 Å². The molecule has 0 spiro atoms. The van der Waals surface area contributed by atoms with E-state index in [1.54, 1.807) is 0 Å². The Hall–Kier alpha value is -1.85. The highest BCUT2D eigenvalue weighted by atomic mass is 16.1. The highest BCUT2D eigenvalue weighted by Gasteiger charge is 2.18. The summed E-state index contributed by atoms with van der Waals surface area (Å²) >= 11 is 0. The molecule has 4 rings (SSSR count). The first kappa shape index (κ1) is 19.5. The number of unbranched alkanes of at least 4 members (excludes halogenated alkanes) is 1. The summed E-state index contributed by atoms with van der Waals surface area (Å²) < 4.78 is 0. The first-order valence-electron chi connectivity index (χ1n) is 11.0. The number of fused-ring (bicyclic) bond motifs is 1. The van der Waals surface area contributed by atoms with Crippen molar-refractivity contribution in [3.8, 4) is 0 Å². The molecule has 1 aromatic heterocycles. The molecule has 0 saturated carbocycles. The average Bonchev–Trinajstić information content (AvgIpc) is 2.73. The number of anilines is 1. The molecule has 0 radical (unpaired) electrons. The third-order valence-corrected chi connectivity index (χ3v) is 6.45. The van der Waals surface area contributed by atoms with Gasteiger partial charge in [-0.25, -0.2) is 0 Å². The molecule has 1 N–H and O–H groups in total. The molecular formula is C23H34N4O. The van der Waals surface area contributed by atoms with Gasteiger partial charge in [0, 0.05) is 31.6 Å². The molecule has 5 heteroatoms. The Bertz CT molecular complexity index is 832. The molecular weight excluding hydrogens is 348 g/mol. The normalized spacial score (nSPS) is 19.4. The molecule has 0 amide bonds. The molecule has 152 valence electrons. The van der Waals surface area contributed by atoms with Crippen LogP contribution in [-0.2, 0) is 0 Å². The average molecular weight is 383 g/mol. The van der Waals surface area contributed by atoms with Crippen molar-refractivity contribution < 1.29 is 0 Å². The molecule has 0 aliphatic carbocycles. The van der Waals surface area contributed by atoms with Gasteiger partial charge in [0.2, 0.25) is 0 Å². The maximum atomic E-state index is 12.5. The van der Waals surface area contributed by atoms with Gasteiger partial charge in [0.05, 0.1) is 0 Å². The quantitative estimate of drug-likeness (QED) is 0.779. The molecule has 0 unspecified atom stereocenters. The van der Waals surface area contributed by atoms with Crippen LogP contribution in [0.4, 0.5) is 5.82 Å². The lowest BCUT2D eigenvalue weighted by atomic mass is 10.1. The van der Waals surface area contributed by atoms with Crippen molar-refractivity contribution in [2.24, 2.45) is 0 Å². The zero-order valence-corrected chi connectivity index (χ0v) is 17.3. The Balaban J connectivity index is 1.26. The summed E-state index contributed by atoms with van der Waals surface area (Å²) in [5.41, 5.74) is 1.19. The van der Waals surface area contributed by atoms with E-state index in [4.69, 9.17) is 0 Å². The van der Waals surface area contributed by atoms with Gasteiger partial charge >= 0.3 is 0 Å². The Morgan fingerprint density at radius 2 is 1.54 bits per heavy atom. The molecule has 2 saturated heterocycles. The van der Waals surface area contributed by atoms with Gasteiger partial charge in [0.25, 0.3) is 5.56 Å². The lowest BCUT2D eigenvalue weighted by molar-refractivity contribution is 0.211. The molecule has 1 aromatic carbocycles. The number of hydrogen-bond donors (Lipinski definition) is 1. The summed E-state index contributed by atoms with van der Waals surface area (Å²) in [7, 11) is 0. The van der Waals surface area contributed by atoms with Crippen LogP contribution in [0.2, 0.25) is 0 Å². The third-order valence-electron chi connectivity index (χ3n) is 6.45. The first-order chi connectivity index (χ1) is 13.7. The van der Waals surface area contributed by atoms with Gasteiger partial charge in [0.1, 0.15) is 5.82 Å². The number of hydrogen-bond acceptors (Lipinski definition) is 4. The van der Waals surface area contributed by atoms with Crippen molar-refractivity contribution >= 4 is 16.6 Å². The largest absolute Gasteiger partial charge is 0.356 e. The number of piperazine rings is 1. The fourth-order valence-corrected chi connectivity index (χ4v) is 4.66. The second kappa shape index (κ2) is 9.10. The van der Waals surface area contributed by atoms with Crippen LogP contribution in [0, 0.1) is 6.92 Å². The van der Waals surface area contributed by atoms with E-state index in [2.05, 4.69) is 38.7 Å². The van der Waals surface area contributed by atoms with E-state index in [-0.39, 0.29) is 5.56 Å². The van der Waals surface area contributed by atoms with Gasteiger partial charge in [0.15, 0.2) is 0 Å². The standard InChI is InChI=1S/C23H34N4O/c1-19-8-7-9-20-21(19)18-22(24-23(20)28)27-16-14-26(15-17-27)13-6-5-12-25-10-3-2-4-11-25/h7-9,18H,2-6,10-17H2,1H3,(H,24,28). The summed E-state index contributed by atoms with van der Waals surface area (Å²) in [6.07, 6.45) is 6.81. The summed E-state index contributed by atoms with van der Waals surface area (Å²) in [5, 5.41) is 1.86. The number of aromatic nitrogens is 1. The van der Waals surface area contributed by atoms with Crippen LogP contribution in [0.25, 0.3) is 10.8 Å². The van der Waals surface area contributed by atoms with Crippen molar-refractivity contribution in [2.45, 2.75) is 39.0 Å². The number of rotatable bonds is 6. The van der Waals surface area contributed by atoms with Gasteiger partial charge in [-0.1, -0.05) is 18.6 Å². The number of H-pyrrole nitrogens is 1. The maximum Gasteiger partial charge on any atom is 0.257 e. The predicted octanol–water partition coefficient (Wildman–Crippen LogP) is 3.22. The Kier molecular flexibility index (Phi) is 6.33. The number of benzene rings is 1. The van der Waals surface area contributed by atoms with Crippen molar-refractivity contribution in [1.82, 2.24) is 14.8 Å². The van der Waals surface area contributed by atoms with E-state index in [0.29, 0.717) is 0 Å². The number of likely N-dealkylation sites (tertiary alicyclic amines) is 1. The second-order valence-electron chi connectivity index (χ2n) is 8.46. The topological polar surface area (TPSA) is 42.6 Å². The summed E-state index contributed by atoms with van der Waals surface area (Å²) in [5.74, 6) is 0.969. The SMILES string of the molecule is Cc1cccc2c(=O)[nH]c(N3CCN(CCCCN4CCCCC4)CC3)cc12. The van der Waals surface area contributed by atoms with E-state index in [1.165, 1.54) is 58.3 Å². The molecule has 2 aliphatic rings. The van der Waals surface area contributed by atoms with Crippen molar-refractivity contribution in [3.63, 3.8) is 0 Å². The fraction of sp³-hybridized carbons (Fsp3) is 0.609. The molecule has 3 heterocycles. The van der Waals surface area contributed by atoms with Crippen molar-refractivity contribution in [1.29, 1.82) is 0 Å². The Morgan fingerprint density at radius 3 is 2.25 bits per heavy atom. The van der Waals surface area contributed by atoms with Crippen LogP contribution in [0.5, 0.6) is 0 Å². The van der Waals surface area contributed by atoms with Gasteiger partial charge in [-0.3, -0.25) is 9.69 Å². The number of piperidine rings is 1. The molecule has 0 bridgehead atoms. The molecule has 5 nitrogen and oxygen atoms in total. The predicted molar refractivity (Wildman–Crippen MR) is 117 cm³/mol. The summed E-state index contributed by atoms with van der Waals surface area (Å²) in [6.45, 7) is 11.3. The first-order valence-corrected chi connectivity index (χ1v) is 11.0. The molecule has 2 aromatic rings. The Morgan fingerprint density at radius 1 is 0.857 bits per heavy atom.